The molecule has 0 aliphatic carbocycles. The van der Waals surface area contributed by atoms with Crippen molar-refractivity contribution in [2.75, 3.05) is 11.5 Å². The van der Waals surface area contributed by atoms with Crippen LogP contribution in [0.5, 0.6) is 0 Å². The van der Waals surface area contributed by atoms with Gasteiger partial charge in [-0.3, -0.25) is 13.8 Å². The monoisotopic (exact) mass is 219 g/mol. The van der Waals surface area contributed by atoms with Crippen molar-refractivity contribution in [2.24, 2.45) is 0 Å². The minimum Gasteiger partial charge on any atom is -0.481 e. The molecule has 0 aromatic heterocycles. The molecule has 0 aromatic carbocycles. The van der Waals surface area contributed by atoms with E-state index in [4.69, 9.17) is 5.11 Å². The third-order valence-corrected chi connectivity index (χ3v) is 3.45. The molecule has 0 aromatic rings. The summed E-state index contributed by atoms with van der Waals surface area (Å²) in [5, 5.41) is 11.0. The zero-order valence-electron chi connectivity index (χ0n) is 7.69. The molecule has 0 saturated carbocycles. The molecule has 1 aliphatic heterocycles. The van der Waals surface area contributed by atoms with E-state index in [1.807, 2.05) is 0 Å². The highest BCUT2D eigenvalue weighted by Gasteiger charge is 2.20. The fourth-order valence-electron chi connectivity index (χ4n) is 1.35. The molecule has 14 heavy (non-hydrogen) atoms. The molecule has 1 saturated heterocycles. The maximum atomic E-state index is 11.0. The number of nitrogens with one attached hydrogen (secondary N) is 1. The first-order valence-electron chi connectivity index (χ1n) is 4.44. The molecule has 0 unspecified atom stereocenters. The molecule has 0 spiro atoms. The molecule has 0 bridgehead atoms. The molecule has 80 valence electrons. The summed E-state index contributed by atoms with van der Waals surface area (Å²) in [6.45, 7) is 0. The van der Waals surface area contributed by atoms with E-state index in [0.29, 0.717) is 24.3 Å². The van der Waals surface area contributed by atoms with Crippen LogP contribution in [0.3, 0.4) is 0 Å². The summed E-state index contributed by atoms with van der Waals surface area (Å²) < 4.78 is 11.0. The van der Waals surface area contributed by atoms with Gasteiger partial charge in [-0.15, -0.1) is 0 Å². The fraction of sp³-hybridized carbons (Fsp3) is 0.750. The van der Waals surface area contributed by atoms with Crippen molar-refractivity contribution in [3.8, 4) is 0 Å². The van der Waals surface area contributed by atoms with Gasteiger partial charge in [0.1, 0.15) is 6.42 Å². The van der Waals surface area contributed by atoms with Gasteiger partial charge in [0.05, 0.1) is 0 Å². The van der Waals surface area contributed by atoms with E-state index in [1.54, 1.807) is 0 Å². The first kappa shape index (κ1) is 11.2. The molecule has 5 nitrogen and oxygen atoms in total. The number of carbonyl (C=O) groups is 2. The van der Waals surface area contributed by atoms with Crippen molar-refractivity contribution >= 4 is 22.7 Å². The van der Waals surface area contributed by atoms with E-state index in [2.05, 4.69) is 5.32 Å². The summed E-state index contributed by atoms with van der Waals surface area (Å²) in [7, 11) is -0.754. The Morgan fingerprint density at radius 2 is 1.93 bits per heavy atom. The predicted octanol–water partition coefficient (Wildman–Crippen LogP) is -0.512. The van der Waals surface area contributed by atoms with Gasteiger partial charge in [-0.2, -0.15) is 0 Å². The van der Waals surface area contributed by atoms with E-state index in [9.17, 15) is 13.8 Å². The summed E-state index contributed by atoms with van der Waals surface area (Å²) in [5.74, 6) is -0.396. The minimum absolute atomic E-state index is 0.000417. The molecule has 2 N–H and O–H groups in total. The van der Waals surface area contributed by atoms with Crippen molar-refractivity contribution in [3.63, 3.8) is 0 Å². The summed E-state index contributed by atoms with van der Waals surface area (Å²) in [6.07, 6.45) is 0.871. The Balaban J connectivity index is 2.27. The highest BCUT2D eigenvalue weighted by Crippen LogP contribution is 2.08. The Morgan fingerprint density at radius 1 is 1.36 bits per heavy atom. The van der Waals surface area contributed by atoms with E-state index in [-0.39, 0.29) is 6.04 Å². The fourth-order valence-corrected chi connectivity index (χ4v) is 2.65. The number of carbonyl (C=O) groups excluding carboxylic acids is 1. The van der Waals surface area contributed by atoms with Crippen LogP contribution in [0.2, 0.25) is 0 Å². The van der Waals surface area contributed by atoms with Gasteiger partial charge in [-0.25, -0.2) is 0 Å². The normalized spacial score (nSPS) is 26.9. The number of rotatable bonds is 3. The lowest BCUT2D eigenvalue weighted by Crippen LogP contribution is -2.40. The number of hydrogen-bond acceptors (Lipinski definition) is 3. The second kappa shape index (κ2) is 5.09. The van der Waals surface area contributed by atoms with Gasteiger partial charge < -0.3 is 10.4 Å². The first-order valence-corrected chi connectivity index (χ1v) is 5.93. The van der Waals surface area contributed by atoms with E-state index >= 15 is 0 Å². The Morgan fingerprint density at radius 3 is 2.43 bits per heavy atom. The lowest BCUT2D eigenvalue weighted by atomic mass is 10.1. The van der Waals surface area contributed by atoms with Gasteiger partial charge in [0, 0.05) is 28.3 Å². The van der Waals surface area contributed by atoms with Crippen molar-refractivity contribution in [2.45, 2.75) is 25.3 Å². The zero-order valence-corrected chi connectivity index (χ0v) is 8.51. The maximum Gasteiger partial charge on any atom is 0.312 e. The molecule has 0 radical (unpaired) electrons. The van der Waals surface area contributed by atoms with Crippen LogP contribution in [-0.2, 0) is 20.4 Å². The van der Waals surface area contributed by atoms with Gasteiger partial charge >= 0.3 is 5.97 Å². The van der Waals surface area contributed by atoms with Gasteiger partial charge in [0.2, 0.25) is 5.91 Å². The molecular formula is C8H13NO4S. The maximum absolute atomic E-state index is 11.0. The number of amides is 1. The van der Waals surface area contributed by atoms with E-state index in [1.165, 1.54) is 0 Å². The van der Waals surface area contributed by atoms with Crippen LogP contribution in [-0.4, -0.2) is 38.7 Å². The number of carboxylic acid groups (broad SMARTS) is 1. The van der Waals surface area contributed by atoms with Crippen LogP contribution in [0, 0.1) is 0 Å². The van der Waals surface area contributed by atoms with Gasteiger partial charge in [0.25, 0.3) is 0 Å². The highest BCUT2D eigenvalue weighted by molar-refractivity contribution is 7.85. The molecular weight excluding hydrogens is 206 g/mol. The van der Waals surface area contributed by atoms with Gasteiger partial charge in [-0.05, 0) is 12.8 Å². The standard InChI is InChI=1S/C8H13NO4S/c10-7(5-8(11)12)9-6-1-3-14(13)4-2-6/h6H,1-5H2,(H,9,10)(H,11,12). The van der Waals surface area contributed by atoms with Crippen LogP contribution in [0.1, 0.15) is 19.3 Å². The lowest BCUT2D eigenvalue weighted by molar-refractivity contribution is -0.140. The van der Waals surface area contributed by atoms with Gasteiger partial charge in [-0.1, -0.05) is 0 Å². The Bertz CT molecular complexity index is 256. The second-order valence-corrected chi connectivity index (χ2v) is 4.96. The quantitative estimate of drug-likeness (QED) is 0.626. The SMILES string of the molecule is O=C(O)CC(=O)NC1CCS(=O)CC1. The first-order chi connectivity index (χ1) is 6.58. The third kappa shape index (κ3) is 3.87. The minimum atomic E-state index is -1.12. The molecule has 1 aliphatic rings. The molecule has 1 fully saturated rings. The zero-order chi connectivity index (χ0) is 10.6. The Kier molecular flexibility index (Phi) is 4.06. The topological polar surface area (TPSA) is 83.5 Å². The lowest BCUT2D eigenvalue weighted by Gasteiger charge is -2.22. The van der Waals surface area contributed by atoms with Crippen LogP contribution in [0.15, 0.2) is 0 Å². The largest absolute Gasteiger partial charge is 0.481 e. The number of aliphatic carboxylic acids is 1. The Hall–Kier alpha value is -0.910. The number of carboxylic acids is 1. The summed E-state index contributed by atoms with van der Waals surface area (Å²) >= 11 is 0. The summed E-state index contributed by atoms with van der Waals surface area (Å²) in [5.41, 5.74) is 0. The average Bonchev–Trinajstić information content (AvgIpc) is 2.07. The highest BCUT2D eigenvalue weighted by atomic mass is 32.2. The predicted molar refractivity (Wildman–Crippen MR) is 51.3 cm³/mol. The molecule has 1 heterocycles. The molecule has 6 heteroatoms. The average molecular weight is 219 g/mol. The molecule has 1 rings (SSSR count). The van der Waals surface area contributed by atoms with E-state index in [0.717, 1.165) is 0 Å². The van der Waals surface area contributed by atoms with Gasteiger partial charge in [0.15, 0.2) is 0 Å². The third-order valence-electron chi connectivity index (χ3n) is 2.06. The van der Waals surface area contributed by atoms with Crippen molar-refractivity contribution < 1.29 is 18.9 Å². The van der Waals surface area contributed by atoms with Crippen LogP contribution < -0.4 is 5.32 Å². The summed E-state index contributed by atoms with van der Waals surface area (Å²) in [6, 6.07) is -0.000417. The van der Waals surface area contributed by atoms with Crippen molar-refractivity contribution in [3.05, 3.63) is 0 Å². The Labute approximate surface area is 84.3 Å². The summed E-state index contributed by atoms with van der Waals surface area (Å²) in [4.78, 5) is 21.2. The smallest absolute Gasteiger partial charge is 0.312 e. The van der Waals surface area contributed by atoms with Crippen LogP contribution >= 0.6 is 0 Å². The van der Waals surface area contributed by atoms with E-state index < -0.39 is 29.1 Å². The van der Waals surface area contributed by atoms with Crippen LogP contribution in [0.25, 0.3) is 0 Å². The molecule has 1 amide bonds. The van der Waals surface area contributed by atoms with Crippen molar-refractivity contribution in [1.29, 1.82) is 0 Å². The molecule has 0 atom stereocenters. The second-order valence-electron chi connectivity index (χ2n) is 3.26. The van der Waals surface area contributed by atoms with Crippen molar-refractivity contribution in [1.82, 2.24) is 5.32 Å². The van der Waals surface area contributed by atoms with Crippen LogP contribution in [0.4, 0.5) is 0 Å². The number of hydrogen-bond donors (Lipinski definition) is 2.